The van der Waals surface area contributed by atoms with Gasteiger partial charge in [0.2, 0.25) is 10.0 Å². The molecule has 0 unspecified atom stereocenters. The Morgan fingerprint density at radius 1 is 1.31 bits per heavy atom. The zero-order chi connectivity index (χ0) is 12.3. The van der Waals surface area contributed by atoms with Crippen molar-refractivity contribution < 1.29 is 13.2 Å². The van der Waals surface area contributed by atoms with Crippen molar-refractivity contribution >= 4 is 21.7 Å². The molecule has 0 radical (unpaired) electrons. The summed E-state index contributed by atoms with van der Waals surface area (Å²) in [4.78, 5) is 10.7. The lowest BCUT2D eigenvalue weighted by Gasteiger charge is -2.14. The van der Waals surface area contributed by atoms with Gasteiger partial charge in [-0.05, 0) is 12.1 Å². The molecule has 16 heavy (non-hydrogen) atoms. The van der Waals surface area contributed by atoms with Crippen molar-refractivity contribution in [1.82, 2.24) is 4.31 Å². The fraction of sp³-hybridized carbons (Fsp3) is 0.222. The number of urea groups is 1. The molecular formula is C9H13N3O3S. The first kappa shape index (κ1) is 12.5. The summed E-state index contributed by atoms with van der Waals surface area (Å²) in [7, 11) is -0.764. The number of amides is 2. The molecule has 0 atom stereocenters. The predicted octanol–water partition coefficient (Wildman–Crippen LogP) is 0.428. The van der Waals surface area contributed by atoms with Gasteiger partial charge in [0.25, 0.3) is 0 Å². The van der Waals surface area contributed by atoms with Gasteiger partial charge in [-0.15, -0.1) is 0 Å². The van der Waals surface area contributed by atoms with Crippen LogP contribution in [-0.2, 0) is 10.0 Å². The lowest BCUT2D eigenvalue weighted by Crippen LogP contribution is -2.25. The van der Waals surface area contributed by atoms with Crippen LogP contribution < -0.4 is 11.1 Å². The van der Waals surface area contributed by atoms with Gasteiger partial charge < -0.3 is 11.1 Å². The van der Waals surface area contributed by atoms with E-state index < -0.39 is 16.1 Å². The second kappa shape index (κ2) is 4.50. The number of nitrogens with one attached hydrogen (secondary N) is 1. The van der Waals surface area contributed by atoms with Gasteiger partial charge in [-0.2, -0.15) is 0 Å². The Labute approximate surface area is 94.1 Å². The Kier molecular flexibility index (Phi) is 3.51. The van der Waals surface area contributed by atoms with Crippen LogP contribution in [0.25, 0.3) is 0 Å². The molecule has 6 nitrogen and oxygen atoms in total. The van der Waals surface area contributed by atoms with Gasteiger partial charge in [0.05, 0.1) is 5.69 Å². The first-order chi connectivity index (χ1) is 7.35. The van der Waals surface area contributed by atoms with E-state index in [1.54, 1.807) is 12.1 Å². The Morgan fingerprint density at radius 2 is 1.88 bits per heavy atom. The molecule has 0 aliphatic rings. The van der Waals surface area contributed by atoms with Crippen LogP contribution in [0, 0.1) is 0 Å². The number of para-hydroxylation sites is 1. The molecule has 0 aliphatic carbocycles. The fourth-order valence-electron chi connectivity index (χ4n) is 1.12. The van der Waals surface area contributed by atoms with Crippen LogP contribution in [0.15, 0.2) is 29.2 Å². The molecule has 1 aromatic carbocycles. The van der Waals surface area contributed by atoms with Crippen LogP contribution in [-0.4, -0.2) is 32.8 Å². The molecule has 1 aromatic rings. The molecule has 0 aliphatic heterocycles. The minimum absolute atomic E-state index is 0.0128. The average molecular weight is 243 g/mol. The zero-order valence-corrected chi connectivity index (χ0v) is 9.78. The van der Waals surface area contributed by atoms with E-state index in [-0.39, 0.29) is 10.6 Å². The molecule has 0 spiro atoms. The molecule has 2 amide bonds. The highest BCUT2D eigenvalue weighted by molar-refractivity contribution is 7.89. The summed E-state index contributed by atoms with van der Waals surface area (Å²) in [5.74, 6) is 0. The maximum absolute atomic E-state index is 11.9. The number of hydrogen-bond acceptors (Lipinski definition) is 3. The predicted molar refractivity (Wildman–Crippen MR) is 60.5 cm³/mol. The van der Waals surface area contributed by atoms with E-state index in [4.69, 9.17) is 5.73 Å². The van der Waals surface area contributed by atoms with E-state index in [0.717, 1.165) is 4.31 Å². The zero-order valence-electron chi connectivity index (χ0n) is 8.97. The topological polar surface area (TPSA) is 92.5 Å². The molecule has 88 valence electrons. The van der Waals surface area contributed by atoms with Crippen molar-refractivity contribution in [3.05, 3.63) is 24.3 Å². The Balaban J connectivity index is 3.29. The van der Waals surface area contributed by atoms with E-state index in [9.17, 15) is 13.2 Å². The SMILES string of the molecule is CN(C)S(=O)(=O)c1ccccc1NC(N)=O. The lowest BCUT2D eigenvalue weighted by molar-refractivity contribution is 0.259. The van der Waals surface area contributed by atoms with Gasteiger partial charge in [0.1, 0.15) is 4.90 Å². The Morgan fingerprint density at radius 3 is 2.38 bits per heavy atom. The van der Waals surface area contributed by atoms with Crippen molar-refractivity contribution in [3.63, 3.8) is 0 Å². The molecule has 0 bridgehead atoms. The van der Waals surface area contributed by atoms with Crippen molar-refractivity contribution in [2.24, 2.45) is 5.73 Å². The summed E-state index contributed by atoms with van der Waals surface area (Å²) < 4.78 is 24.8. The van der Waals surface area contributed by atoms with E-state index in [1.807, 2.05) is 0 Å². The lowest BCUT2D eigenvalue weighted by atomic mass is 10.3. The molecule has 0 fully saturated rings. The first-order valence-electron chi connectivity index (χ1n) is 4.43. The van der Waals surface area contributed by atoms with Crippen molar-refractivity contribution in [3.8, 4) is 0 Å². The van der Waals surface area contributed by atoms with E-state index in [0.29, 0.717) is 0 Å². The second-order valence-corrected chi connectivity index (χ2v) is 5.39. The Hall–Kier alpha value is -1.60. The van der Waals surface area contributed by atoms with Crippen molar-refractivity contribution in [1.29, 1.82) is 0 Å². The number of rotatable bonds is 3. The molecule has 1 rings (SSSR count). The van der Waals surface area contributed by atoms with Gasteiger partial charge in [-0.3, -0.25) is 0 Å². The van der Waals surface area contributed by atoms with Crippen LogP contribution in [0.2, 0.25) is 0 Å². The third-order valence-corrected chi connectivity index (χ3v) is 3.78. The summed E-state index contributed by atoms with van der Waals surface area (Å²) in [6.07, 6.45) is 0. The highest BCUT2D eigenvalue weighted by Gasteiger charge is 2.21. The number of benzene rings is 1. The molecular weight excluding hydrogens is 230 g/mol. The number of carbonyl (C=O) groups excluding carboxylic acids is 1. The van der Waals surface area contributed by atoms with Gasteiger partial charge >= 0.3 is 6.03 Å². The summed E-state index contributed by atoms with van der Waals surface area (Å²) >= 11 is 0. The molecule has 0 aromatic heterocycles. The van der Waals surface area contributed by atoms with Gasteiger partial charge in [0, 0.05) is 14.1 Å². The number of carbonyl (C=O) groups is 1. The molecule has 0 saturated heterocycles. The smallest absolute Gasteiger partial charge is 0.316 e. The number of nitrogens with zero attached hydrogens (tertiary/aromatic N) is 1. The van der Waals surface area contributed by atoms with Crippen LogP contribution in [0.3, 0.4) is 0 Å². The van der Waals surface area contributed by atoms with Gasteiger partial charge in [-0.1, -0.05) is 12.1 Å². The third-order valence-electron chi connectivity index (χ3n) is 1.90. The molecule has 0 saturated carbocycles. The number of anilines is 1. The summed E-state index contributed by atoms with van der Waals surface area (Å²) in [5.41, 5.74) is 5.12. The number of primary amides is 1. The molecule has 0 heterocycles. The highest BCUT2D eigenvalue weighted by atomic mass is 32.2. The minimum atomic E-state index is -3.59. The van der Waals surface area contributed by atoms with Crippen LogP contribution in [0.4, 0.5) is 10.5 Å². The van der Waals surface area contributed by atoms with E-state index in [2.05, 4.69) is 5.32 Å². The van der Waals surface area contributed by atoms with Crippen molar-refractivity contribution in [2.45, 2.75) is 4.90 Å². The number of hydrogen-bond donors (Lipinski definition) is 2. The first-order valence-corrected chi connectivity index (χ1v) is 5.87. The van der Waals surface area contributed by atoms with Crippen LogP contribution in [0.1, 0.15) is 0 Å². The summed E-state index contributed by atoms with van der Waals surface area (Å²) in [6.45, 7) is 0. The summed E-state index contributed by atoms with van der Waals surface area (Å²) in [6, 6.07) is 5.26. The molecule has 7 heteroatoms. The number of sulfonamides is 1. The molecule has 3 N–H and O–H groups in total. The fourth-order valence-corrected chi connectivity index (χ4v) is 2.17. The summed E-state index contributed by atoms with van der Waals surface area (Å²) in [5, 5.41) is 2.27. The van der Waals surface area contributed by atoms with Crippen LogP contribution >= 0.6 is 0 Å². The average Bonchev–Trinajstić information content (AvgIpc) is 2.17. The van der Waals surface area contributed by atoms with Gasteiger partial charge in [0.15, 0.2) is 0 Å². The minimum Gasteiger partial charge on any atom is -0.351 e. The monoisotopic (exact) mass is 243 g/mol. The largest absolute Gasteiger partial charge is 0.351 e. The third kappa shape index (κ3) is 2.50. The number of nitrogens with two attached hydrogens (primary N) is 1. The second-order valence-electron chi connectivity index (χ2n) is 3.27. The highest BCUT2D eigenvalue weighted by Crippen LogP contribution is 2.22. The van der Waals surface area contributed by atoms with Gasteiger partial charge in [-0.25, -0.2) is 17.5 Å². The maximum atomic E-state index is 11.9. The quantitative estimate of drug-likeness (QED) is 0.806. The normalized spacial score (nSPS) is 11.4. The maximum Gasteiger partial charge on any atom is 0.316 e. The van der Waals surface area contributed by atoms with Crippen molar-refractivity contribution in [2.75, 3.05) is 19.4 Å². The van der Waals surface area contributed by atoms with Crippen LogP contribution in [0.5, 0.6) is 0 Å². The van der Waals surface area contributed by atoms with E-state index >= 15 is 0 Å². The van der Waals surface area contributed by atoms with E-state index in [1.165, 1.54) is 26.2 Å². The Bertz CT molecular complexity index is 496. The standard InChI is InChI=1S/C9H13N3O3S/c1-12(2)16(14,15)8-6-4-3-5-7(8)11-9(10)13/h3-6H,1-2H3,(H3,10,11,13).